The molecule has 0 fully saturated rings. The molecule has 2 nitrogen and oxygen atoms in total. The molecule has 0 aromatic heterocycles. The number of hydrogen-bond donors (Lipinski definition) is 1. The number of carbonyl (C=O) groups excluding carboxylic acids is 1. The molecular formula is C16H15O2. The minimum absolute atomic E-state index is 0.00565. The molecule has 2 rings (SSSR count). The van der Waals surface area contributed by atoms with E-state index in [2.05, 4.69) is 6.92 Å². The minimum atomic E-state index is 0.00565. The topological polar surface area (TPSA) is 37.3 Å². The third-order valence-corrected chi connectivity index (χ3v) is 3.05. The average Bonchev–Trinajstić information content (AvgIpc) is 2.43. The molecule has 1 N–H and O–H groups in total. The monoisotopic (exact) mass is 239 g/mol. The fourth-order valence-corrected chi connectivity index (χ4v) is 2.11. The minimum Gasteiger partial charge on any atom is -0.508 e. The van der Waals surface area contributed by atoms with Gasteiger partial charge in [-0.15, -0.1) is 0 Å². The lowest BCUT2D eigenvalue weighted by molar-refractivity contribution is 0.112. The Morgan fingerprint density at radius 2 is 1.89 bits per heavy atom. The highest BCUT2D eigenvalue weighted by molar-refractivity contribution is 5.75. The first-order valence-electron chi connectivity index (χ1n) is 5.88. The molecule has 0 aliphatic heterocycles. The zero-order valence-electron chi connectivity index (χ0n) is 10.0. The summed E-state index contributed by atoms with van der Waals surface area (Å²) in [5.74, 6) is 0.212. The van der Waals surface area contributed by atoms with Gasteiger partial charge in [0.15, 0.2) is 0 Å². The second-order valence-electron chi connectivity index (χ2n) is 4.19. The third kappa shape index (κ3) is 2.43. The number of phenols is 1. The Bertz CT molecular complexity index is 532. The van der Waals surface area contributed by atoms with Crippen molar-refractivity contribution in [2.24, 2.45) is 0 Å². The predicted octanol–water partition coefficient (Wildman–Crippen LogP) is 3.56. The van der Waals surface area contributed by atoms with Gasteiger partial charge in [-0.2, -0.15) is 0 Å². The summed E-state index contributed by atoms with van der Waals surface area (Å²) in [5, 5.41) is 9.95. The molecule has 0 spiro atoms. The van der Waals surface area contributed by atoms with Gasteiger partial charge in [0.2, 0.25) is 0 Å². The number of hydrogen-bond acceptors (Lipinski definition) is 2. The van der Waals surface area contributed by atoms with Crippen molar-refractivity contribution >= 4 is 6.29 Å². The first kappa shape index (κ1) is 12.4. The summed E-state index contributed by atoms with van der Waals surface area (Å²) in [6.07, 6.45) is 1.41. The van der Waals surface area contributed by atoms with Crippen molar-refractivity contribution in [1.29, 1.82) is 0 Å². The summed E-state index contributed by atoms with van der Waals surface area (Å²) >= 11 is 0. The van der Waals surface area contributed by atoms with Crippen LogP contribution in [0.2, 0.25) is 0 Å². The molecule has 18 heavy (non-hydrogen) atoms. The van der Waals surface area contributed by atoms with Crippen LogP contribution in [0.4, 0.5) is 0 Å². The highest BCUT2D eigenvalue weighted by Gasteiger charge is 2.16. The fourth-order valence-electron chi connectivity index (χ4n) is 2.11. The van der Waals surface area contributed by atoms with Crippen LogP contribution in [-0.4, -0.2) is 11.4 Å². The third-order valence-electron chi connectivity index (χ3n) is 3.05. The van der Waals surface area contributed by atoms with Gasteiger partial charge in [-0.3, -0.25) is 4.79 Å². The van der Waals surface area contributed by atoms with Crippen LogP contribution in [0.1, 0.15) is 33.8 Å². The van der Waals surface area contributed by atoms with Crippen LogP contribution >= 0.6 is 0 Å². The normalized spacial score (nSPS) is 12.1. The molecule has 91 valence electrons. The first-order chi connectivity index (χ1) is 8.76. The van der Waals surface area contributed by atoms with Crippen molar-refractivity contribution < 1.29 is 9.90 Å². The van der Waals surface area contributed by atoms with Gasteiger partial charge in [0.1, 0.15) is 12.0 Å². The van der Waals surface area contributed by atoms with Crippen molar-refractivity contribution in [2.75, 3.05) is 0 Å². The van der Waals surface area contributed by atoms with Crippen LogP contribution in [-0.2, 0) is 0 Å². The van der Waals surface area contributed by atoms with Crippen LogP contribution in [0.5, 0.6) is 5.75 Å². The van der Waals surface area contributed by atoms with Gasteiger partial charge in [-0.25, -0.2) is 0 Å². The van der Waals surface area contributed by atoms with E-state index >= 15 is 0 Å². The molecule has 2 aromatic carbocycles. The molecule has 0 heterocycles. The van der Waals surface area contributed by atoms with Crippen molar-refractivity contribution in [3.05, 3.63) is 72.1 Å². The highest BCUT2D eigenvalue weighted by atomic mass is 16.3. The van der Waals surface area contributed by atoms with Crippen LogP contribution < -0.4 is 0 Å². The van der Waals surface area contributed by atoms with Gasteiger partial charge in [-0.05, 0) is 30.2 Å². The van der Waals surface area contributed by atoms with E-state index in [1.807, 2.05) is 30.3 Å². The summed E-state index contributed by atoms with van der Waals surface area (Å²) in [5.41, 5.74) is 2.41. The number of benzene rings is 2. The van der Waals surface area contributed by atoms with Gasteiger partial charge in [0.25, 0.3) is 0 Å². The number of aldehydes is 1. The van der Waals surface area contributed by atoms with E-state index in [-0.39, 0.29) is 11.7 Å². The summed E-state index contributed by atoms with van der Waals surface area (Å²) in [6, 6.07) is 14.8. The van der Waals surface area contributed by atoms with Crippen molar-refractivity contribution in [1.82, 2.24) is 0 Å². The van der Waals surface area contributed by atoms with Gasteiger partial charge >= 0.3 is 0 Å². The zero-order valence-corrected chi connectivity index (χ0v) is 10.0. The second kappa shape index (κ2) is 5.50. The Morgan fingerprint density at radius 1 is 1.17 bits per heavy atom. The van der Waals surface area contributed by atoms with Crippen molar-refractivity contribution in [3.8, 4) is 5.75 Å². The van der Waals surface area contributed by atoms with Crippen LogP contribution in [0.3, 0.4) is 0 Å². The molecule has 0 saturated heterocycles. The maximum absolute atomic E-state index is 10.8. The summed E-state index contributed by atoms with van der Waals surface area (Å²) < 4.78 is 0. The highest BCUT2D eigenvalue weighted by Crippen LogP contribution is 2.33. The standard InChI is InChI=1S/C16H15O2/c1-2-14(13-6-4-3-5-7-13)15-10-12(11-17)8-9-16(15)18/h3-11,14,18H,1-2H2. The Labute approximate surface area is 107 Å². The van der Waals surface area contributed by atoms with E-state index in [0.29, 0.717) is 12.0 Å². The molecule has 0 aliphatic rings. The van der Waals surface area contributed by atoms with E-state index in [4.69, 9.17) is 0 Å². The molecule has 0 bridgehead atoms. The lowest BCUT2D eigenvalue weighted by atomic mass is 9.88. The number of carbonyl (C=O) groups is 1. The maximum Gasteiger partial charge on any atom is 0.150 e. The van der Waals surface area contributed by atoms with Gasteiger partial charge in [0, 0.05) is 17.0 Å². The molecule has 0 saturated carbocycles. The summed E-state index contributed by atoms with van der Waals surface area (Å²) in [6.45, 7) is 3.94. The Balaban J connectivity index is 2.48. The Hall–Kier alpha value is -2.09. The van der Waals surface area contributed by atoms with Gasteiger partial charge < -0.3 is 5.11 Å². The number of aromatic hydroxyl groups is 1. The molecule has 2 heteroatoms. The lowest BCUT2D eigenvalue weighted by Gasteiger charge is -2.17. The number of rotatable bonds is 4. The lowest BCUT2D eigenvalue weighted by Crippen LogP contribution is -2.01. The molecule has 0 amide bonds. The zero-order chi connectivity index (χ0) is 13.0. The first-order valence-corrected chi connectivity index (χ1v) is 5.88. The van der Waals surface area contributed by atoms with E-state index in [1.165, 1.54) is 0 Å². The van der Waals surface area contributed by atoms with Gasteiger partial charge in [-0.1, -0.05) is 37.3 Å². The predicted molar refractivity (Wildman–Crippen MR) is 71.8 cm³/mol. The summed E-state index contributed by atoms with van der Waals surface area (Å²) in [4.78, 5) is 10.8. The maximum atomic E-state index is 10.8. The van der Waals surface area contributed by atoms with Crippen LogP contribution in [0.25, 0.3) is 0 Å². The van der Waals surface area contributed by atoms with Crippen LogP contribution in [0, 0.1) is 6.92 Å². The fraction of sp³-hybridized carbons (Fsp3) is 0.125. The molecular weight excluding hydrogens is 224 g/mol. The quantitative estimate of drug-likeness (QED) is 0.828. The Morgan fingerprint density at radius 3 is 2.50 bits per heavy atom. The number of phenolic OH excluding ortho intramolecular Hbond substituents is 1. The van der Waals surface area contributed by atoms with E-state index < -0.39 is 0 Å². The smallest absolute Gasteiger partial charge is 0.150 e. The molecule has 2 aromatic rings. The second-order valence-corrected chi connectivity index (χ2v) is 4.19. The van der Waals surface area contributed by atoms with E-state index in [9.17, 15) is 9.90 Å². The van der Waals surface area contributed by atoms with Crippen molar-refractivity contribution in [3.63, 3.8) is 0 Å². The van der Waals surface area contributed by atoms with E-state index in [1.54, 1.807) is 18.2 Å². The largest absolute Gasteiger partial charge is 0.508 e. The average molecular weight is 239 g/mol. The molecule has 1 unspecified atom stereocenters. The SMILES string of the molecule is [CH2]CC(c1ccccc1)c1cc(C=O)ccc1O. The summed E-state index contributed by atoms with van der Waals surface area (Å²) in [7, 11) is 0. The Kier molecular flexibility index (Phi) is 3.78. The van der Waals surface area contributed by atoms with Crippen LogP contribution in [0.15, 0.2) is 48.5 Å². The van der Waals surface area contributed by atoms with Crippen molar-refractivity contribution in [2.45, 2.75) is 12.3 Å². The molecule has 0 aliphatic carbocycles. The molecule has 1 radical (unpaired) electrons. The molecule has 1 atom stereocenters. The van der Waals surface area contributed by atoms with Gasteiger partial charge in [0.05, 0.1) is 0 Å². The van der Waals surface area contributed by atoms with E-state index in [0.717, 1.165) is 17.4 Å².